The van der Waals surface area contributed by atoms with Crippen LogP contribution in [0.5, 0.6) is 5.75 Å². The number of aromatic hydroxyl groups is 1. The third-order valence-corrected chi connectivity index (χ3v) is 2.36. The molecule has 0 fully saturated rings. The fourth-order valence-electron chi connectivity index (χ4n) is 1.64. The van der Waals surface area contributed by atoms with Crippen molar-refractivity contribution in [3.05, 3.63) is 36.4 Å². The van der Waals surface area contributed by atoms with Gasteiger partial charge in [-0.3, -0.25) is 0 Å². The SMILES string of the molecule is Cl.Cl.NCCNc1ccc(O)c2ccccc12. The molecule has 4 N–H and O–H groups in total. The Balaban J connectivity index is 0.00000128. The fourth-order valence-corrected chi connectivity index (χ4v) is 1.64. The van der Waals surface area contributed by atoms with Crippen LogP contribution in [0.3, 0.4) is 0 Å². The van der Waals surface area contributed by atoms with Crippen LogP contribution in [0, 0.1) is 0 Å². The van der Waals surface area contributed by atoms with Crippen molar-refractivity contribution in [3.8, 4) is 5.75 Å². The van der Waals surface area contributed by atoms with E-state index in [2.05, 4.69) is 5.32 Å². The molecule has 0 saturated heterocycles. The molecule has 2 aromatic rings. The van der Waals surface area contributed by atoms with Crippen LogP contribution < -0.4 is 11.1 Å². The van der Waals surface area contributed by atoms with E-state index in [1.54, 1.807) is 6.07 Å². The maximum absolute atomic E-state index is 9.67. The van der Waals surface area contributed by atoms with Crippen molar-refractivity contribution in [1.29, 1.82) is 0 Å². The van der Waals surface area contributed by atoms with Crippen molar-refractivity contribution in [1.82, 2.24) is 0 Å². The van der Waals surface area contributed by atoms with Crippen LogP contribution in [0.1, 0.15) is 0 Å². The highest BCUT2D eigenvalue weighted by molar-refractivity contribution is 5.97. The topological polar surface area (TPSA) is 58.3 Å². The number of nitrogens with one attached hydrogen (secondary N) is 1. The molecular formula is C12H16Cl2N2O. The van der Waals surface area contributed by atoms with Gasteiger partial charge in [0.1, 0.15) is 5.75 Å². The van der Waals surface area contributed by atoms with Gasteiger partial charge in [-0.25, -0.2) is 0 Å². The van der Waals surface area contributed by atoms with Crippen molar-refractivity contribution >= 4 is 41.3 Å². The Bertz CT molecular complexity index is 477. The van der Waals surface area contributed by atoms with Crippen molar-refractivity contribution < 1.29 is 5.11 Å². The summed E-state index contributed by atoms with van der Waals surface area (Å²) >= 11 is 0. The van der Waals surface area contributed by atoms with Gasteiger partial charge in [0.05, 0.1) is 0 Å². The normalized spacial score (nSPS) is 9.24. The second kappa shape index (κ2) is 7.22. The molecule has 0 bridgehead atoms. The van der Waals surface area contributed by atoms with Gasteiger partial charge in [0.2, 0.25) is 0 Å². The highest BCUT2D eigenvalue weighted by Gasteiger charge is 2.03. The summed E-state index contributed by atoms with van der Waals surface area (Å²) < 4.78 is 0. The molecule has 0 spiro atoms. The Morgan fingerprint density at radius 3 is 2.29 bits per heavy atom. The van der Waals surface area contributed by atoms with Crippen molar-refractivity contribution in [2.24, 2.45) is 5.73 Å². The van der Waals surface area contributed by atoms with E-state index in [9.17, 15) is 5.11 Å². The molecular weight excluding hydrogens is 259 g/mol. The number of nitrogens with two attached hydrogens (primary N) is 1. The minimum Gasteiger partial charge on any atom is -0.507 e. The lowest BCUT2D eigenvalue weighted by Crippen LogP contribution is -2.13. The van der Waals surface area contributed by atoms with Crippen LogP contribution in [0.15, 0.2) is 36.4 Å². The lowest BCUT2D eigenvalue weighted by Gasteiger charge is -2.09. The average molecular weight is 275 g/mol. The lowest BCUT2D eigenvalue weighted by molar-refractivity contribution is 0.481. The number of rotatable bonds is 3. The van der Waals surface area contributed by atoms with Gasteiger partial charge in [-0.1, -0.05) is 24.3 Å². The molecule has 0 amide bonds. The molecule has 94 valence electrons. The van der Waals surface area contributed by atoms with Gasteiger partial charge in [0, 0.05) is 29.5 Å². The first-order valence-corrected chi connectivity index (χ1v) is 4.97. The van der Waals surface area contributed by atoms with E-state index in [0.717, 1.165) is 23.0 Å². The largest absolute Gasteiger partial charge is 0.507 e. The number of phenolic OH excluding ortho intramolecular Hbond substituents is 1. The van der Waals surface area contributed by atoms with Gasteiger partial charge in [-0.05, 0) is 12.1 Å². The predicted octanol–water partition coefficient (Wildman–Crippen LogP) is 2.76. The number of phenols is 1. The first-order chi connectivity index (χ1) is 7.33. The summed E-state index contributed by atoms with van der Waals surface area (Å²) in [5.41, 5.74) is 6.45. The number of benzene rings is 2. The number of hydrogen-bond acceptors (Lipinski definition) is 3. The fraction of sp³-hybridized carbons (Fsp3) is 0.167. The molecule has 2 aromatic carbocycles. The maximum Gasteiger partial charge on any atom is 0.123 e. The van der Waals surface area contributed by atoms with Crippen LogP contribution in [-0.2, 0) is 0 Å². The zero-order valence-corrected chi connectivity index (χ0v) is 10.9. The Morgan fingerprint density at radius 2 is 1.65 bits per heavy atom. The second-order valence-corrected chi connectivity index (χ2v) is 3.39. The molecule has 0 aliphatic rings. The van der Waals surface area contributed by atoms with Gasteiger partial charge in [0.15, 0.2) is 0 Å². The molecule has 3 nitrogen and oxygen atoms in total. The minimum absolute atomic E-state index is 0. The van der Waals surface area contributed by atoms with E-state index in [-0.39, 0.29) is 24.8 Å². The zero-order chi connectivity index (χ0) is 10.7. The summed E-state index contributed by atoms with van der Waals surface area (Å²) in [7, 11) is 0. The molecule has 0 atom stereocenters. The molecule has 5 heteroatoms. The molecule has 0 radical (unpaired) electrons. The van der Waals surface area contributed by atoms with Gasteiger partial charge < -0.3 is 16.2 Å². The summed E-state index contributed by atoms with van der Waals surface area (Å²) in [5.74, 6) is 0.309. The van der Waals surface area contributed by atoms with E-state index in [0.29, 0.717) is 12.3 Å². The van der Waals surface area contributed by atoms with Crippen molar-refractivity contribution in [2.45, 2.75) is 0 Å². The standard InChI is InChI=1S/C12H14N2O.2ClH/c13-7-8-14-11-5-6-12(15)10-4-2-1-3-9(10)11;;/h1-6,14-15H,7-8,13H2;2*1H. The zero-order valence-electron chi connectivity index (χ0n) is 9.22. The van der Waals surface area contributed by atoms with E-state index < -0.39 is 0 Å². The van der Waals surface area contributed by atoms with Gasteiger partial charge >= 0.3 is 0 Å². The molecule has 0 aliphatic carbocycles. The highest BCUT2D eigenvalue weighted by atomic mass is 35.5. The summed E-state index contributed by atoms with van der Waals surface area (Å²) in [4.78, 5) is 0. The third kappa shape index (κ3) is 3.40. The molecule has 0 saturated carbocycles. The van der Waals surface area contributed by atoms with Gasteiger partial charge in [-0.2, -0.15) is 0 Å². The van der Waals surface area contributed by atoms with Gasteiger partial charge in [0.25, 0.3) is 0 Å². The molecule has 0 heterocycles. The van der Waals surface area contributed by atoms with E-state index in [1.807, 2.05) is 30.3 Å². The molecule has 17 heavy (non-hydrogen) atoms. The van der Waals surface area contributed by atoms with Crippen LogP contribution >= 0.6 is 24.8 Å². The summed E-state index contributed by atoms with van der Waals surface area (Å²) in [6, 6.07) is 11.3. The number of halogens is 2. The number of fused-ring (bicyclic) bond motifs is 1. The molecule has 0 aromatic heterocycles. The molecule has 0 unspecified atom stereocenters. The number of anilines is 1. The summed E-state index contributed by atoms with van der Waals surface area (Å²) in [6.07, 6.45) is 0. The third-order valence-electron chi connectivity index (χ3n) is 2.36. The first kappa shape index (κ1) is 15.8. The smallest absolute Gasteiger partial charge is 0.123 e. The predicted molar refractivity (Wildman–Crippen MR) is 77.7 cm³/mol. The Kier molecular flexibility index (Phi) is 6.73. The van der Waals surface area contributed by atoms with Crippen LogP contribution in [-0.4, -0.2) is 18.2 Å². The highest BCUT2D eigenvalue weighted by Crippen LogP contribution is 2.30. The summed E-state index contributed by atoms with van der Waals surface area (Å²) in [5, 5.41) is 14.8. The first-order valence-electron chi connectivity index (χ1n) is 4.97. The second-order valence-electron chi connectivity index (χ2n) is 3.39. The Hall–Kier alpha value is -1.16. The Morgan fingerprint density at radius 1 is 1.00 bits per heavy atom. The van der Waals surface area contributed by atoms with Crippen molar-refractivity contribution in [3.63, 3.8) is 0 Å². The molecule has 2 rings (SSSR count). The Labute approximate surface area is 113 Å². The monoisotopic (exact) mass is 274 g/mol. The van der Waals surface area contributed by atoms with Crippen LogP contribution in [0.2, 0.25) is 0 Å². The quantitative estimate of drug-likeness (QED) is 0.755. The van der Waals surface area contributed by atoms with Crippen LogP contribution in [0.25, 0.3) is 10.8 Å². The van der Waals surface area contributed by atoms with E-state index in [1.165, 1.54) is 0 Å². The summed E-state index contributed by atoms with van der Waals surface area (Å²) in [6.45, 7) is 1.32. The minimum atomic E-state index is 0. The van der Waals surface area contributed by atoms with Crippen molar-refractivity contribution in [2.75, 3.05) is 18.4 Å². The lowest BCUT2D eigenvalue weighted by atomic mass is 10.1. The van der Waals surface area contributed by atoms with Gasteiger partial charge in [-0.15, -0.1) is 24.8 Å². The average Bonchev–Trinajstić information content (AvgIpc) is 2.29. The maximum atomic E-state index is 9.67. The van der Waals surface area contributed by atoms with E-state index >= 15 is 0 Å². The number of hydrogen-bond donors (Lipinski definition) is 3. The van der Waals surface area contributed by atoms with Crippen LogP contribution in [0.4, 0.5) is 5.69 Å². The molecule has 0 aliphatic heterocycles. The van der Waals surface area contributed by atoms with E-state index in [4.69, 9.17) is 5.73 Å².